The first-order valence-corrected chi connectivity index (χ1v) is 3.35. The molecule has 0 bridgehead atoms. The molecule has 0 rings (SSSR count). The second kappa shape index (κ2) is 9.13. The Morgan fingerprint density at radius 3 is 2.27 bits per heavy atom. The third-order valence-electron chi connectivity index (χ3n) is 0.921. The van der Waals surface area contributed by atoms with E-state index >= 15 is 0 Å². The van der Waals surface area contributed by atoms with Crippen molar-refractivity contribution in [2.75, 3.05) is 7.05 Å². The molecule has 4 N–H and O–H groups in total. The van der Waals surface area contributed by atoms with Crippen LogP contribution in [0.25, 0.3) is 0 Å². The molecule has 11 heavy (non-hydrogen) atoms. The van der Waals surface area contributed by atoms with Crippen LogP contribution < -0.4 is 11.1 Å². The van der Waals surface area contributed by atoms with E-state index in [2.05, 4.69) is 17.6 Å². The molecule has 0 aromatic carbocycles. The van der Waals surface area contributed by atoms with Gasteiger partial charge < -0.3 is 10.8 Å². The van der Waals surface area contributed by atoms with Crippen molar-refractivity contribution >= 4 is 5.91 Å². The quantitative estimate of drug-likeness (QED) is 0.388. The highest BCUT2D eigenvalue weighted by Gasteiger charge is 1.88. The molecule has 4 heteroatoms. The van der Waals surface area contributed by atoms with Gasteiger partial charge in [0.25, 0.3) is 0 Å². The molecule has 1 unspecified atom stereocenters. The SMILES string of the molecule is C=CC(N)=O.CCC(O)NC. The zero-order valence-electron chi connectivity index (χ0n) is 7.00. The minimum Gasteiger partial charge on any atom is -0.379 e. The number of nitrogens with one attached hydrogen (secondary N) is 1. The molecule has 0 aliphatic carbocycles. The Morgan fingerprint density at radius 1 is 1.91 bits per heavy atom. The van der Waals surface area contributed by atoms with Gasteiger partial charge >= 0.3 is 0 Å². The minimum absolute atomic E-state index is 0.315. The fourth-order valence-corrected chi connectivity index (χ4v) is 0.204. The van der Waals surface area contributed by atoms with Gasteiger partial charge in [0.05, 0.1) is 0 Å². The van der Waals surface area contributed by atoms with Crippen LogP contribution in [0, 0.1) is 0 Å². The number of rotatable bonds is 3. The highest BCUT2D eigenvalue weighted by Crippen LogP contribution is 1.77. The lowest BCUT2D eigenvalue weighted by Crippen LogP contribution is -2.22. The number of carbonyl (C=O) groups is 1. The Morgan fingerprint density at radius 2 is 2.27 bits per heavy atom. The largest absolute Gasteiger partial charge is 0.379 e. The fourth-order valence-electron chi connectivity index (χ4n) is 0.204. The summed E-state index contributed by atoms with van der Waals surface area (Å²) in [7, 11) is 1.73. The number of aliphatic hydroxyl groups excluding tert-OH is 1. The summed E-state index contributed by atoms with van der Waals surface area (Å²) in [5.74, 6) is -0.481. The molecule has 0 spiro atoms. The summed E-state index contributed by atoms with van der Waals surface area (Å²) in [5.41, 5.74) is 4.53. The number of aliphatic hydroxyl groups is 1. The molecule has 0 radical (unpaired) electrons. The van der Waals surface area contributed by atoms with Crippen molar-refractivity contribution < 1.29 is 9.90 Å². The van der Waals surface area contributed by atoms with Crippen molar-refractivity contribution in [1.82, 2.24) is 5.32 Å². The molecule has 0 aromatic heterocycles. The highest BCUT2D eigenvalue weighted by atomic mass is 16.3. The predicted molar refractivity (Wildman–Crippen MR) is 44.7 cm³/mol. The van der Waals surface area contributed by atoms with E-state index in [0.717, 1.165) is 12.5 Å². The van der Waals surface area contributed by atoms with E-state index in [4.69, 9.17) is 5.11 Å². The summed E-state index contributed by atoms with van der Waals surface area (Å²) in [6.45, 7) is 5.00. The van der Waals surface area contributed by atoms with Crippen LogP contribution in [0.1, 0.15) is 13.3 Å². The van der Waals surface area contributed by atoms with Crippen LogP contribution in [0.3, 0.4) is 0 Å². The number of amides is 1. The average Bonchev–Trinajstić information content (AvgIpc) is 2.04. The molecule has 0 heterocycles. The van der Waals surface area contributed by atoms with Gasteiger partial charge in [-0.1, -0.05) is 13.5 Å². The molecule has 0 saturated carbocycles. The van der Waals surface area contributed by atoms with E-state index in [1.807, 2.05) is 6.92 Å². The third kappa shape index (κ3) is 17.6. The van der Waals surface area contributed by atoms with Crippen molar-refractivity contribution in [2.45, 2.75) is 19.6 Å². The first-order chi connectivity index (χ1) is 5.08. The van der Waals surface area contributed by atoms with Gasteiger partial charge in [-0.2, -0.15) is 0 Å². The van der Waals surface area contributed by atoms with E-state index in [1.54, 1.807) is 7.05 Å². The molecule has 0 saturated heterocycles. The van der Waals surface area contributed by atoms with E-state index in [-0.39, 0.29) is 6.23 Å². The Kier molecular flexibility index (Phi) is 10.6. The summed E-state index contributed by atoms with van der Waals surface area (Å²) < 4.78 is 0. The van der Waals surface area contributed by atoms with Crippen LogP contribution in [0.5, 0.6) is 0 Å². The molecule has 0 aromatic rings. The lowest BCUT2D eigenvalue weighted by molar-refractivity contribution is -0.113. The molecule has 66 valence electrons. The van der Waals surface area contributed by atoms with Crippen LogP contribution in [-0.2, 0) is 4.79 Å². The second-order valence-electron chi connectivity index (χ2n) is 1.82. The van der Waals surface area contributed by atoms with Crippen LogP contribution in [-0.4, -0.2) is 24.3 Å². The lowest BCUT2D eigenvalue weighted by atomic mass is 10.4. The summed E-state index contributed by atoms with van der Waals surface area (Å²) >= 11 is 0. The van der Waals surface area contributed by atoms with Crippen molar-refractivity contribution in [1.29, 1.82) is 0 Å². The van der Waals surface area contributed by atoms with Gasteiger partial charge in [0.15, 0.2) is 0 Å². The monoisotopic (exact) mass is 160 g/mol. The van der Waals surface area contributed by atoms with Crippen molar-refractivity contribution in [3.8, 4) is 0 Å². The molecule has 0 aliphatic heterocycles. The summed E-state index contributed by atoms with van der Waals surface area (Å²) in [4.78, 5) is 9.47. The molecule has 1 amide bonds. The number of hydrogen-bond donors (Lipinski definition) is 3. The van der Waals surface area contributed by atoms with Gasteiger partial charge in [-0.05, 0) is 19.5 Å². The molecule has 4 nitrogen and oxygen atoms in total. The Labute approximate surface area is 67.1 Å². The van der Waals surface area contributed by atoms with Gasteiger partial charge in [-0.15, -0.1) is 0 Å². The Balaban J connectivity index is 0. The summed E-state index contributed by atoms with van der Waals surface area (Å²) in [6.07, 6.45) is 1.52. The maximum atomic E-state index is 9.47. The van der Waals surface area contributed by atoms with Gasteiger partial charge in [0.2, 0.25) is 5.91 Å². The van der Waals surface area contributed by atoms with Gasteiger partial charge in [-0.3, -0.25) is 10.1 Å². The zero-order chi connectivity index (χ0) is 9.28. The molecule has 0 aliphatic rings. The maximum Gasteiger partial charge on any atom is 0.240 e. The molecular weight excluding hydrogens is 144 g/mol. The van der Waals surface area contributed by atoms with Gasteiger partial charge in [0.1, 0.15) is 6.23 Å². The highest BCUT2D eigenvalue weighted by molar-refractivity contribution is 5.84. The fraction of sp³-hybridized carbons (Fsp3) is 0.571. The topological polar surface area (TPSA) is 75.4 Å². The smallest absolute Gasteiger partial charge is 0.240 e. The summed E-state index contributed by atoms with van der Waals surface area (Å²) in [6, 6.07) is 0. The number of nitrogens with two attached hydrogens (primary N) is 1. The predicted octanol–water partition coefficient (Wildman–Crippen LogP) is -0.408. The zero-order valence-corrected chi connectivity index (χ0v) is 7.00. The Hall–Kier alpha value is -0.870. The normalized spacial score (nSPS) is 10.8. The average molecular weight is 160 g/mol. The first-order valence-electron chi connectivity index (χ1n) is 3.35. The molecule has 0 fully saturated rings. The summed E-state index contributed by atoms with van der Waals surface area (Å²) in [5, 5.41) is 11.2. The third-order valence-corrected chi connectivity index (χ3v) is 0.921. The number of carbonyl (C=O) groups excluding carboxylic acids is 1. The van der Waals surface area contributed by atoms with Crippen LogP contribution in [0.4, 0.5) is 0 Å². The van der Waals surface area contributed by atoms with E-state index in [9.17, 15) is 4.79 Å². The van der Waals surface area contributed by atoms with Crippen LogP contribution >= 0.6 is 0 Å². The van der Waals surface area contributed by atoms with Crippen molar-refractivity contribution in [3.05, 3.63) is 12.7 Å². The molecular formula is C7H16N2O2. The van der Waals surface area contributed by atoms with Gasteiger partial charge in [0, 0.05) is 0 Å². The van der Waals surface area contributed by atoms with E-state index in [0.29, 0.717) is 0 Å². The standard InChI is InChI=1S/C4H11NO.C3H5NO/c1-3-4(6)5-2;1-2-3(4)5/h4-6H,3H2,1-2H3;2H,1H2,(H2,4,5). The van der Waals surface area contributed by atoms with Crippen molar-refractivity contribution in [2.24, 2.45) is 5.73 Å². The van der Waals surface area contributed by atoms with Crippen molar-refractivity contribution in [3.63, 3.8) is 0 Å². The number of primary amides is 1. The first kappa shape index (κ1) is 12.8. The Bertz CT molecular complexity index is 111. The van der Waals surface area contributed by atoms with E-state index < -0.39 is 5.91 Å². The van der Waals surface area contributed by atoms with E-state index in [1.165, 1.54) is 0 Å². The lowest BCUT2D eigenvalue weighted by Gasteiger charge is -2.01. The minimum atomic E-state index is -0.481. The van der Waals surface area contributed by atoms with Crippen LogP contribution in [0.15, 0.2) is 12.7 Å². The number of hydrogen-bond acceptors (Lipinski definition) is 3. The second-order valence-corrected chi connectivity index (χ2v) is 1.82. The molecule has 1 atom stereocenters. The van der Waals surface area contributed by atoms with Crippen LogP contribution in [0.2, 0.25) is 0 Å². The maximum absolute atomic E-state index is 9.47. The van der Waals surface area contributed by atoms with Gasteiger partial charge in [-0.25, -0.2) is 0 Å².